The molecule has 2 heterocycles. The highest BCUT2D eigenvalue weighted by Crippen LogP contribution is 2.35. The van der Waals surface area contributed by atoms with Crippen molar-refractivity contribution in [2.75, 3.05) is 12.1 Å². The van der Waals surface area contributed by atoms with Crippen LogP contribution >= 0.6 is 31.9 Å². The molecule has 0 radical (unpaired) electrons. The number of hydrogen-bond donors (Lipinski definition) is 2. The van der Waals surface area contributed by atoms with Crippen molar-refractivity contribution in [1.82, 2.24) is 4.98 Å². The molecule has 116 valence electrons. The monoisotopic (exact) mass is 436 g/mol. The molecule has 5 nitrogen and oxygen atoms in total. The van der Waals surface area contributed by atoms with E-state index < -0.39 is 0 Å². The van der Waals surface area contributed by atoms with Crippen LogP contribution in [0.4, 0.5) is 5.69 Å². The van der Waals surface area contributed by atoms with E-state index in [4.69, 9.17) is 9.47 Å². The summed E-state index contributed by atoms with van der Waals surface area (Å²) in [5.41, 5.74) is 2.12. The number of amides is 1. The van der Waals surface area contributed by atoms with E-state index in [-0.39, 0.29) is 12.7 Å². The summed E-state index contributed by atoms with van der Waals surface area (Å²) in [6, 6.07) is 9.15. The molecule has 1 aliphatic heterocycles. The van der Waals surface area contributed by atoms with Gasteiger partial charge < -0.3 is 19.8 Å². The maximum absolute atomic E-state index is 12.6. The fraction of sp³-hybridized carbons (Fsp3) is 0.0625. The van der Waals surface area contributed by atoms with Gasteiger partial charge in [0.1, 0.15) is 0 Å². The second-order valence-corrected chi connectivity index (χ2v) is 6.75. The zero-order valence-electron chi connectivity index (χ0n) is 11.7. The summed E-state index contributed by atoms with van der Waals surface area (Å²) in [6.07, 6.45) is 1.70. The lowest BCUT2D eigenvalue weighted by molar-refractivity contribution is 0.102. The highest BCUT2D eigenvalue weighted by Gasteiger charge is 2.17. The van der Waals surface area contributed by atoms with Crippen LogP contribution in [0.25, 0.3) is 10.9 Å². The predicted molar refractivity (Wildman–Crippen MR) is 94.2 cm³/mol. The summed E-state index contributed by atoms with van der Waals surface area (Å²) >= 11 is 6.91. The van der Waals surface area contributed by atoms with Crippen molar-refractivity contribution in [2.24, 2.45) is 0 Å². The Kier molecular flexibility index (Phi) is 3.54. The summed E-state index contributed by atoms with van der Waals surface area (Å²) in [7, 11) is 0. The molecular formula is C16H10Br2N2O3. The topological polar surface area (TPSA) is 63.4 Å². The number of ether oxygens (including phenoxy) is 2. The highest BCUT2D eigenvalue weighted by molar-refractivity contribution is 9.13. The van der Waals surface area contributed by atoms with Crippen molar-refractivity contribution < 1.29 is 14.3 Å². The van der Waals surface area contributed by atoms with E-state index in [0.717, 1.165) is 19.8 Å². The van der Waals surface area contributed by atoms with Crippen LogP contribution in [0, 0.1) is 0 Å². The Morgan fingerprint density at radius 1 is 1.09 bits per heavy atom. The minimum atomic E-state index is -0.190. The first-order valence-electron chi connectivity index (χ1n) is 6.79. The first-order chi connectivity index (χ1) is 11.1. The molecule has 1 aromatic heterocycles. The van der Waals surface area contributed by atoms with E-state index in [1.807, 2.05) is 12.1 Å². The third-order valence-electron chi connectivity index (χ3n) is 3.60. The molecule has 23 heavy (non-hydrogen) atoms. The lowest BCUT2D eigenvalue weighted by Gasteiger charge is -2.06. The van der Waals surface area contributed by atoms with Crippen molar-refractivity contribution in [2.45, 2.75) is 0 Å². The molecule has 0 saturated heterocycles. The zero-order valence-corrected chi connectivity index (χ0v) is 14.8. The average Bonchev–Trinajstić information content (AvgIpc) is 3.14. The molecule has 0 fully saturated rings. The second kappa shape index (κ2) is 5.58. The van der Waals surface area contributed by atoms with Gasteiger partial charge in [0.25, 0.3) is 5.91 Å². The molecule has 0 saturated carbocycles. The third kappa shape index (κ3) is 2.60. The Labute approximate surface area is 148 Å². The molecule has 4 rings (SSSR count). The van der Waals surface area contributed by atoms with Crippen LogP contribution in [-0.2, 0) is 0 Å². The molecule has 0 bridgehead atoms. The van der Waals surface area contributed by atoms with Crippen LogP contribution in [0.1, 0.15) is 10.4 Å². The van der Waals surface area contributed by atoms with Gasteiger partial charge in [0.05, 0.1) is 5.56 Å². The number of halogens is 2. The molecule has 2 aromatic carbocycles. The van der Waals surface area contributed by atoms with E-state index in [2.05, 4.69) is 42.2 Å². The first kappa shape index (κ1) is 14.6. The van der Waals surface area contributed by atoms with Crippen LogP contribution in [0.15, 0.2) is 45.5 Å². The van der Waals surface area contributed by atoms with E-state index >= 15 is 0 Å². The SMILES string of the molecule is O=C(Nc1ccc2c(c1)OCO2)c1c[nH]c2cc(Br)c(Br)cc12. The van der Waals surface area contributed by atoms with E-state index in [0.29, 0.717) is 22.7 Å². The van der Waals surface area contributed by atoms with Crippen molar-refractivity contribution in [3.63, 3.8) is 0 Å². The maximum atomic E-state index is 12.6. The molecule has 7 heteroatoms. The Morgan fingerprint density at radius 2 is 1.87 bits per heavy atom. The van der Waals surface area contributed by atoms with E-state index in [9.17, 15) is 4.79 Å². The molecule has 2 N–H and O–H groups in total. The van der Waals surface area contributed by atoms with E-state index in [1.165, 1.54) is 0 Å². The number of hydrogen-bond acceptors (Lipinski definition) is 3. The Balaban J connectivity index is 1.66. The van der Waals surface area contributed by atoms with E-state index in [1.54, 1.807) is 24.4 Å². The van der Waals surface area contributed by atoms with Gasteiger partial charge in [-0.2, -0.15) is 0 Å². The van der Waals surface area contributed by atoms with Crippen LogP contribution in [0.2, 0.25) is 0 Å². The van der Waals surface area contributed by atoms with Crippen LogP contribution in [0.5, 0.6) is 11.5 Å². The number of fused-ring (bicyclic) bond motifs is 2. The second-order valence-electron chi connectivity index (χ2n) is 5.04. The van der Waals surface area contributed by atoms with Gasteiger partial charge in [-0.1, -0.05) is 0 Å². The number of H-pyrrole nitrogens is 1. The van der Waals surface area contributed by atoms with Crippen molar-refractivity contribution in [3.05, 3.63) is 51.0 Å². The first-order valence-corrected chi connectivity index (χ1v) is 8.37. The Bertz CT molecular complexity index is 936. The molecule has 0 spiro atoms. The summed E-state index contributed by atoms with van der Waals surface area (Å²) in [5, 5.41) is 3.72. The number of anilines is 1. The highest BCUT2D eigenvalue weighted by atomic mass is 79.9. The van der Waals surface area contributed by atoms with Gasteiger partial charge in [-0.3, -0.25) is 4.79 Å². The number of nitrogens with one attached hydrogen (secondary N) is 2. The molecule has 1 aliphatic rings. The summed E-state index contributed by atoms with van der Waals surface area (Å²) in [6.45, 7) is 0.206. The quantitative estimate of drug-likeness (QED) is 0.612. The van der Waals surface area contributed by atoms with Gasteiger partial charge in [0.15, 0.2) is 11.5 Å². The molecular weight excluding hydrogens is 428 g/mol. The number of aromatic amines is 1. The predicted octanol–water partition coefficient (Wildman–Crippen LogP) is 4.67. The largest absolute Gasteiger partial charge is 0.454 e. The molecule has 0 atom stereocenters. The van der Waals surface area contributed by atoms with Gasteiger partial charge >= 0.3 is 0 Å². The lowest BCUT2D eigenvalue weighted by Crippen LogP contribution is -2.11. The molecule has 3 aromatic rings. The maximum Gasteiger partial charge on any atom is 0.257 e. The summed E-state index contributed by atoms with van der Waals surface area (Å²) in [4.78, 5) is 15.7. The molecule has 0 aliphatic carbocycles. The summed E-state index contributed by atoms with van der Waals surface area (Å²) < 4.78 is 12.4. The fourth-order valence-corrected chi connectivity index (χ4v) is 3.16. The molecule has 0 unspecified atom stereocenters. The van der Waals surface area contributed by atoms with Gasteiger partial charge in [0.2, 0.25) is 6.79 Å². The van der Waals surface area contributed by atoms with Gasteiger partial charge in [-0.05, 0) is 56.1 Å². The van der Waals surface area contributed by atoms with Gasteiger partial charge in [-0.15, -0.1) is 0 Å². The zero-order chi connectivity index (χ0) is 16.0. The average molecular weight is 438 g/mol. The minimum absolute atomic E-state index is 0.190. The van der Waals surface area contributed by atoms with Crippen LogP contribution < -0.4 is 14.8 Å². The normalized spacial score (nSPS) is 12.6. The van der Waals surface area contributed by atoms with Crippen LogP contribution in [-0.4, -0.2) is 17.7 Å². The smallest absolute Gasteiger partial charge is 0.257 e. The van der Waals surface area contributed by atoms with Crippen LogP contribution in [0.3, 0.4) is 0 Å². The number of aromatic nitrogens is 1. The lowest BCUT2D eigenvalue weighted by atomic mass is 10.1. The van der Waals surface area contributed by atoms with Crippen molar-refractivity contribution >= 4 is 54.4 Å². The minimum Gasteiger partial charge on any atom is -0.454 e. The van der Waals surface area contributed by atoms with Gasteiger partial charge in [-0.25, -0.2) is 0 Å². The third-order valence-corrected chi connectivity index (χ3v) is 5.44. The number of carbonyl (C=O) groups excluding carboxylic acids is 1. The number of benzene rings is 2. The van der Waals surface area contributed by atoms with Crippen molar-refractivity contribution in [1.29, 1.82) is 0 Å². The van der Waals surface area contributed by atoms with Gasteiger partial charge in [0, 0.05) is 37.8 Å². The number of rotatable bonds is 2. The fourth-order valence-electron chi connectivity index (χ4n) is 2.48. The number of carbonyl (C=O) groups is 1. The molecule has 1 amide bonds. The van der Waals surface area contributed by atoms with Crippen molar-refractivity contribution in [3.8, 4) is 11.5 Å². The standard InChI is InChI=1S/C16H10Br2N2O3/c17-11-4-9-10(6-19-13(9)5-12(11)18)16(21)20-8-1-2-14-15(3-8)23-7-22-14/h1-6,19H,7H2,(H,20,21). The Morgan fingerprint density at radius 3 is 2.74 bits per heavy atom. The Hall–Kier alpha value is -1.99. The summed E-state index contributed by atoms with van der Waals surface area (Å²) in [5.74, 6) is 1.13.